The number of nitrogens with zero attached hydrogens (tertiary/aromatic N) is 3. The zero-order chi connectivity index (χ0) is 20.1. The molecule has 0 aliphatic heterocycles. The van der Waals surface area contributed by atoms with Crippen LogP contribution in [0.5, 0.6) is 11.6 Å². The normalized spacial score (nSPS) is 11.2. The number of hydrogen-bond acceptors (Lipinski definition) is 5. The van der Waals surface area contributed by atoms with E-state index in [-0.39, 0.29) is 12.6 Å². The average molecular weight is 389 g/mol. The molecule has 0 atom stereocenters. The molecule has 28 heavy (non-hydrogen) atoms. The molecule has 1 heterocycles. The molecule has 0 saturated carbocycles. The summed E-state index contributed by atoms with van der Waals surface area (Å²) in [5.74, 6) is 0.164. The highest BCUT2D eigenvalue weighted by Crippen LogP contribution is 2.36. The first-order valence-electron chi connectivity index (χ1n) is 8.37. The molecule has 0 bridgehead atoms. The summed E-state index contributed by atoms with van der Waals surface area (Å²) in [6.45, 7) is -0.0384. The number of benzene rings is 2. The van der Waals surface area contributed by atoms with Gasteiger partial charge in [0, 0.05) is 25.0 Å². The third-order valence-electron chi connectivity index (χ3n) is 4.01. The minimum Gasteiger partial charge on any atom is -0.497 e. The van der Waals surface area contributed by atoms with E-state index >= 15 is 0 Å². The van der Waals surface area contributed by atoms with Crippen molar-refractivity contribution >= 4 is 11.6 Å². The lowest BCUT2D eigenvalue weighted by Crippen LogP contribution is -2.17. The van der Waals surface area contributed by atoms with Gasteiger partial charge in [-0.3, -0.25) is 0 Å². The maximum atomic E-state index is 13.3. The Morgan fingerprint density at radius 1 is 1.04 bits per heavy atom. The number of anilines is 2. The van der Waals surface area contributed by atoms with Crippen LogP contribution in [0.25, 0.3) is 0 Å². The van der Waals surface area contributed by atoms with E-state index in [1.807, 2.05) is 6.07 Å². The van der Waals surface area contributed by atoms with Crippen LogP contribution >= 0.6 is 0 Å². The number of ether oxygens (including phenoxy) is 2. The van der Waals surface area contributed by atoms with Crippen molar-refractivity contribution in [3.8, 4) is 11.6 Å². The fourth-order valence-corrected chi connectivity index (χ4v) is 2.48. The van der Waals surface area contributed by atoms with E-state index in [4.69, 9.17) is 9.47 Å². The number of rotatable bonds is 6. The van der Waals surface area contributed by atoms with Gasteiger partial charge in [-0.1, -0.05) is 36.4 Å². The Morgan fingerprint density at radius 3 is 2.46 bits per heavy atom. The molecule has 2 aromatic carbocycles. The van der Waals surface area contributed by atoms with Crippen LogP contribution in [0.2, 0.25) is 0 Å². The van der Waals surface area contributed by atoms with Crippen LogP contribution < -0.4 is 14.4 Å². The highest BCUT2D eigenvalue weighted by atomic mass is 19.4. The zero-order valence-corrected chi connectivity index (χ0v) is 15.3. The monoisotopic (exact) mass is 389 g/mol. The van der Waals surface area contributed by atoms with Crippen molar-refractivity contribution < 1.29 is 22.6 Å². The standard InChI is InChI=1S/C20H18F3N3O2/c1-26(15-9-6-10-16(11-15)27-2)19-24-12-17(20(21,22)23)18(25-19)28-13-14-7-4-3-5-8-14/h3-12H,13H2,1-2H3. The first-order valence-corrected chi connectivity index (χ1v) is 8.37. The molecular formula is C20H18F3N3O2. The first-order chi connectivity index (χ1) is 13.4. The molecule has 0 aliphatic rings. The maximum absolute atomic E-state index is 13.3. The molecule has 3 rings (SSSR count). The third-order valence-corrected chi connectivity index (χ3v) is 4.01. The zero-order valence-electron chi connectivity index (χ0n) is 15.3. The number of alkyl halides is 3. The van der Waals surface area contributed by atoms with Crippen LogP contribution in [0.1, 0.15) is 11.1 Å². The SMILES string of the molecule is COc1cccc(N(C)c2ncc(C(F)(F)F)c(OCc3ccccc3)n2)c1. The van der Waals surface area contributed by atoms with Crippen molar-refractivity contribution in [2.45, 2.75) is 12.8 Å². The Kier molecular flexibility index (Phi) is 5.67. The molecule has 0 N–H and O–H groups in total. The van der Waals surface area contributed by atoms with Crippen molar-refractivity contribution in [2.24, 2.45) is 0 Å². The van der Waals surface area contributed by atoms with Crippen LogP contribution in [0.15, 0.2) is 60.8 Å². The van der Waals surface area contributed by atoms with E-state index in [2.05, 4.69) is 9.97 Å². The van der Waals surface area contributed by atoms with Crippen LogP contribution in [0.3, 0.4) is 0 Å². The summed E-state index contributed by atoms with van der Waals surface area (Å²) >= 11 is 0. The quantitative estimate of drug-likeness (QED) is 0.603. The summed E-state index contributed by atoms with van der Waals surface area (Å²) < 4.78 is 50.6. The summed E-state index contributed by atoms with van der Waals surface area (Å²) in [5.41, 5.74) is 0.372. The molecule has 8 heteroatoms. The lowest BCUT2D eigenvalue weighted by Gasteiger charge is -2.20. The summed E-state index contributed by atoms with van der Waals surface area (Å²) in [6.07, 6.45) is -3.89. The van der Waals surface area contributed by atoms with Crippen molar-refractivity contribution in [2.75, 3.05) is 19.1 Å². The van der Waals surface area contributed by atoms with Gasteiger partial charge in [-0.15, -0.1) is 0 Å². The molecule has 0 saturated heterocycles. The fraction of sp³-hybridized carbons (Fsp3) is 0.200. The molecule has 0 aliphatic carbocycles. The number of aromatic nitrogens is 2. The summed E-state index contributed by atoms with van der Waals surface area (Å²) in [7, 11) is 3.18. The molecule has 0 spiro atoms. The van der Waals surface area contributed by atoms with Gasteiger partial charge >= 0.3 is 6.18 Å². The third kappa shape index (κ3) is 4.51. The van der Waals surface area contributed by atoms with Gasteiger partial charge in [0.2, 0.25) is 11.8 Å². The fourth-order valence-electron chi connectivity index (χ4n) is 2.48. The van der Waals surface area contributed by atoms with Crippen molar-refractivity contribution in [1.29, 1.82) is 0 Å². The second kappa shape index (κ2) is 8.16. The van der Waals surface area contributed by atoms with Crippen LogP contribution in [-0.4, -0.2) is 24.1 Å². The maximum Gasteiger partial charge on any atom is 0.423 e. The predicted octanol–water partition coefficient (Wildman–Crippen LogP) is 4.85. The van der Waals surface area contributed by atoms with E-state index in [0.717, 1.165) is 11.8 Å². The molecule has 3 aromatic rings. The van der Waals surface area contributed by atoms with Gasteiger partial charge in [0.05, 0.1) is 7.11 Å². The second-order valence-corrected chi connectivity index (χ2v) is 5.92. The summed E-state index contributed by atoms with van der Waals surface area (Å²) in [4.78, 5) is 9.44. The molecule has 146 valence electrons. The van der Waals surface area contributed by atoms with Gasteiger partial charge in [0.15, 0.2) is 0 Å². The molecule has 0 radical (unpaired) electrons. The van der Waals surface area contributed by atoms with Gasteiger partial charge in [-0.2, -0.15) is 18.2 Å². The topological polar surface area (TPSA) is 47.5 Å². The smallest absolute Gasteiger partial charge is 0.423 e. The highest BCUT2D eigenvalue weighted by molar-refractivity contribution is 5.59. The molecule has 0 amide bonds. The van der Waals surface area contributed by atoms with Gasteiger partial charge in [0.1, 0.15) is 17.9 Å². The lowest BCUT2D eigenvalue weighted by atomic mass is 10.2. The summed E-state index contributed by atoms with van der Waals surface area (Å²) in [6, 6.07) is 15.9. The van der Waals surface area contributed by atoms with Crippen molar-refractivity contribution in [1.82, 2.24) is 9.97 Å². The van der Waals surface area contributed by atoms with Crippen molar-refractivity contribution in [3.63, 3.8) is 0 Å². The minimum absolute atomic E-state index is 0.0384. The average Bonchev–Trinajstić information content (AvgIpc) is 2.71. The number of hydrogen-bond donors (Lipinski definition) is 0. The molecule has 1 aromatic heterocycles. The van der Waals surface area contributed by atoms with E-state index in [1.165, 1.54) is 7.11 Å². The first kappa shape index (κ1) is 19.5. The molecular weight excluding hydrogens is 371 g/mol. The van der Waals surface area contributed by atoms with Crippen molar-refractivity contribution in [3.05, 3.63) is 71.9 Å². The lowest BCUT2D eigenvalue weighted by molar-refractivity contribution is -0.139. The van der Waals surface area contributed by atoms with Gasteiger partial charge in [-0.05, 0) is 17.7 Å². The molecule has 5 nitrogen and oxygen atoms in total. The molecule has 0 unspecified atom stereocenters. The predicted molar refractivity (Wildman–Crippen MR) is 98.9 cm³/mol. The number of methoxy groups -OCH3 is 1. The Morgan fingerprint density at radius 2 is 1.79 bits per heavy atom. The Hall–Kier alpha value is -3.29. The van der Waals surface area contributed by atoms with E-state index in [9.17, 15) is 13.2 Å². The van der Waals surface area contributed by atoms with Gasteiger partial charge < -0.3 is 14.4 Å². The number of halogens is 3. The highest BCUT2D eigenvalue weighted by Gasteiger charge is 2.36. The summed E-state index contributed by atoms with van der Waals surface area (Å²) in [5, 5.41) is 0. The molecule has 0 fully saturated rings. The van der Waals surface area contributed by atoms with Gasteiger partial charge in [0.25, 0.3) is 0 Å². The van der Waals surface area contributed by atoms with Crippen LogP contribution in [0, 0.1) is 0 Å². The Balaban J connectivity index is 1.92. The minimum atomic E-state index is -4.63. The van der Waals surface area contributed by atoms with E-state index in [0.29, 0.717) is 11.4 Å². The van der Waals surface area contributed by atoms with E-state index < -0.39 is 17.6 Å². The van der Waals surface area contributed by atoms with Crippen LogP contribution in [0.4, 0.5) is 24.8 Å². The van der Waals surface area contributed by atoms with Crippen LogP contribution in [-0.2, 0) is 12.8 Å². The Labute approximate surface area is 160 Å². The van der Waals surface area contributed by atoms with Gasteiger partial charge in [-0.25, -0.2) is 4.98 Å². The Bertz CT molecular complexity index is 933. The largest absolute Gasteiger partial charge is 0.497 e. The van der Waals surface area contributed by atoms with E-state index in [1.54, 1.807) is 60.5 Å². The second-order valence-electron chi connectivity index (χ2n) is 5.92.